The summed E-state index contributed by atoms with van der Waals surface area (Å²) in [4.78, 5) is 24.1. The maximum Gasteiger partial charge on any atom is 0.323 e. The Morgan fingerprint density at radius 1 is 0.911 bits per heavy atom. The van der Waals surface area contributed by atoms with Crippen LogP contribution in [0.25, 0.3) is 11.4 Å². The molecule has 45 heavy (non-hydrogen) atoms. The highest BCUT2D eigenvalue weighted by atomic mass is 32.2. The first kappa shape index (κ1) is 32.0. The van der Waals surface area contributed by atoms with Crippen LogP contribution in [0.5, 0.6) is 0 Å². The molecule has 0 spiro atoms. The number of anilines is 1. The molecule has 1 unspecified atom stereocenters. The lowest BCUT2D eigenvalue weighted by Crippen LogP contribution is -2.38. The molecule has 3 aromatic carbocycles. The standard InChI is InChI=1S/C32H30F2N6O3S2/c33-26-12-8-23(9-13-26)29(24-10-14-27(34)15-11-24)17-20-40(19-16-28-3-1-2-18-35-28)32(41)38-31-37-30(39-44-31)25-6-4-22(5-7-25)21-36-45(42)43/h1-15,18,29,36H,16-17,19-21H2,(H,42,43)(H,37,38,39,41)/p-1. The van der Waals surface area contributed by atoms with Crippen molar-refractivity contribution in [3.8, 4) is 11.4 Å². The number of carbonyl (C=O) groups is 1. The van der Waals surface area contributed by atoms with E-state index in [1.54, 1.807) is 59.6 Å². The van der Waals surface area contributed by atoms with Crippen LogP contribution in [0.15, 0.2) is 97.2 Å². The number of benzene rings is 3. The number of nitrogens with zero attached hydrogens (tertiary/aromatic N) is 4. The summed E-state index contributed by atoms with van der Waals surface area (Å²) >= 11 is -1.30. The molecule has 0 saturated heterocycles. The number of nitrogens with one attached hydrogen (secondary N) is 2. The minimum atomic E-state index is -2.35. The summed E-state index contributed by atoms with van der Waals surface area (Å²) in [7, 11) is 0. The van der Waals surface area contributed by atoms with Crippen molar-refractivity contribution in [3.05, 3.63) is 131 Å². The predicted molar refractivity (Wildman–Crippen MR) is 169 cm³/mol. The Morgan fingerprint density at radius 3 is 2.18 bits per heavy atom. The molecule has 0 aliphatic heterocycles. The fraction of sp³-hybridized carbons (Fsp3) is 0.188. The average Bonchev–Trinajstić information content (AvgIpc) is 3.52. The number of pyridine rings is 1. The molecule has 2 heterocycles. The van der Waals surface area contributed by atoms with Crippen LogP contribution in [0.4, 0.5) is 18.7 Å². The molecule has 2 aromatic heterocycles. The van der Waals surface area contributed by atoms with Gasteiger partial charge in [-0.25, -0.2) is 18.3 Å². The van der Waals surface area contributed by atoms with E-state index in [1.165, 1.54) is 24.3 Å². The van der Waals surface area contributed by atoms with Crippen molar-refractivity contribution in [1.82, 2.24) is 24.0 Å². The van der Waals surface area contributed by atoms with Gasteiger partial charge in [0.15, 0.2) is 5.82 Å². The van der Waals surface area contributed by atoms with Gasteiger partial charge in [0.25, 0.3) is 0 Å². The first-order valence-electron chi connectivity index (χ1n) is 14.1. The van der Waals surface area contributed by atoms with Crippen LogP contribution in [0, 0.1) is 11.6 Å². The van der Waals surface area contributed by atoms with E-state index in [0.717, 1.165) is 33.9 Å². The van der Waals surface area contributed by atoms with Crippen molar-refractivity contribution in [3.63, 3.8) is 0 Å². The number of carbonyl (C=O) groups excluding carboxylic acids is 1. The van der Waals surface area contributed by atoms with Crippen molar-refractivity contribution < 1.29 is 22.3 Å². The van der Waals surface area contributed by atoms with E-state index >= 15 is 0 Å². The third kappa shape index (κ3) is 9.28. The second kappa shape index (κ2) is 15.5. The molecule has 0 aliphatic rings. The largest absolute Gasteiger partial charge is 0.760 e. The minimum absolute atomic E-state index is 0.166. The molecular formula is C32H29F2N6O3S2-. The van der Waals surface area contributed by atoms with E-state index in [9.17, 15) is 22.3 Å². The Bertz CT molecular complexity index is 1660. The number of amides is 2. The highest BCUT2D eigenvalue weighted by Crippen LogP contribution is 2.29. The zero-order chi connectivity index (χ0) is 31.6. The van der Waals surface area contributed by atoms with Gasteiger partial charge in [0.05, 0.1) is 0 Å². The van der Waals surface area contributed by atoms with Crippen LogP contribution in [0.1, 0.15) is 34.7 Å². The summed E-state index contributed by atoms with van der Waals surface area (Å²) in [6.45, 7) is 0.880. The highest BCUT2D eigenvalue weighted by molar-refractivity contribution is 7.77. The average molecular weight is 648 g/mol. The van der Waals surface area contributed by atoms with Gasteiger partial charge in [-0.3, -0.25) is 14.5 Å². The third-order valence-corrected chi connectivity index (χ3v) is 8.14. The van der Waals surface area contributed by atoms with Crippen molar-refractivity contribution in [1.29, 1.82) is 0 Å². The quantitative estimate of drug-likeness (QED) is 0.150. The monoisotopic (exact) mass is 647 g/mol. The van der Waals surface area contributed by atoms with Crippen LogP contribution >= 0.6 is 11.5 Å². The van der Waals surface area contributed by atoms with E-state index in [2.05, 4.69) is 24.4 Å². The van der Waals surface area contributed by atoms with Gasteiger partial charge in [-0.2, -0.15) is 9.36 Å². The van der Waals surface area contributed by atoms with Crippen LogP contribution in [0.2, 0.25) is 0 Å². The Hall–Kier alpha value is -4.43. The molecule has 13 heteroatoms. The minimum Gasteiger partial charge on any atom is -0.760 e. The lowest BCUT2D eigenvalue weighted by atomic mass is 9.88. The summed E-state index contributed by atoms with van der Waals surface area (Å²) < 4.78 is 55.6. The fourth-order valence-electron chi connectivity index (χ4n) is 4.79. The first-order chi connectivity index (χ1) is 21.8. The Kier molecular flexibility index (Phi) is 11.0. The summed E-state index contributed by atoms with van der Waals surface area (Å²) in [6, 6.07) is 24.8. The number of hydrogen-bond donors (Lipinski definition) is 2. The molecule has 0 aliphatic carbocycles. The van der Waals surface area contributed by atoms with E-state index in [0.29, 0.717) is 42.5 Å². The number of aromatic nitrogens is 3. The number of hydrogen-bond acceptors (Lipinski definition) is 7. The lowest BCUT2D eigenvalue weighted by Gasteiger charge is -2.26. The lowest BCUT2D eigenvalue weighted by molar-refractivity contribution is 0.210. The molecule has 9 nitrogen and oxygen atoms in total. The van der Waals surface area contributed by atoms with Gasteiger partial charge in [-0.15, -0.1) is 0 Å². The molecule has 0 radical (unpaired) electrons. The second-order valence-corrected chi connectivity index (χ2v) is 11.6. The second-order valence-electron chi connectivity index (χ2n) is 10.1. The number of urea groups is 1. The fourth-order valence-corrected chi connectivity index (χ4v) is 5.65. The van der Waals surface area contributed by atoms with Gasteiger partial charge in [-0.05, 0) is 59.5 Å². The van der Waals surface area contributed by atoms with Crippen LogP contribution in [-0.4, -0.2) is 47.1 Å². The summed E-state index contributed by atoms with van der Waals surface area (Å²) in [5.74, 6) is -0.491. The molecular weight excluding hydrogens is 619 g/mol. The summed E-state index contributed by atoms with van der Waals surface area (Å²) in [6.07, 6.45) is 2.72. The maximum atomic E-state index is 13.7. The van der Waals surface area contributed by atoms with E-state index in [-0.39, 0.29) is 30.1 Å². The van der Waals surface area contributed by atoms with Gasteiger partial charge in [0, 0.05) is 72.2 Å². The zero-order valence-corrected chi connectivity index (χ0v) is 25.6. The molecule has 2 amide bonds. The summed E-state index contributed by atoms with van der Waals surface area (Å²) in [5.41, 5.74) is 4.03. The predicted octanol–water partition coefficient (Wildman–Crippen LogP) is 6.06. The number of halogens is 2. The van der Waals surface area contributed by atoms with Crippen LogP contribution in [0.3, 0.4) is 0 Å². The van der Waals surface area contributed by atoms with Gasteiger partial charge in [-0.1, -0.05) is 54.6 Å². The summed E-state index contributed by atoms with van der Waals surface area (Å²) in [5, 5.41) is 3.18. The molecule has 5 rings (SSSR count). The van der Waals surface area contributed by atoms with E-state index < -0.39 is 11.3 Å². The maximum absolute atomic E-state index is 13.7. The normalized spacial score (nSPS) is 11.8. The van der Waals surface area contributed by atoms with Crippen molar-refractivity contribution >= 4 is 34.0 Å². The topological polar surface area (TPSA) is 123 Å². The molecule has 232 valence electrons. The Balaban J connectivity index is 1.31. The number of rotatable bonds is 13. The van der Waals surface area contributed by atoms with Gasteiger partial charge >= 0.3 is 6.03 Å². The molecule has 2 N–H and O–H groups in total. The zero-order valence-electron chi connectivity index (χ0n) is 23.9. The molecule has 5 aromatic rings. The first-order valence-corrected chi connectivity index (χ1v) is 15.9. The van der Waals surface area contributed by atoms with E-state index in [4.69, 9.17) is 0 Å². The van der Waals surface area contributed by atoms with Crippen LogP contribution in [-0.2, 0) is 24.2 Å². The van der Waals surface area contributed by atoms with Gasteiger partial charge in [0.2, 0.25) is 5.13 Å². The Morgan fingerprint density at radius 2 is 1.58 bits per heavy atom. The Labute approximate surface area is 266 Å². The van der Waals surface area contributed by atoms with Crippen molar-refractivity contribution in [2.75, 3.05) is 18.4 Å². The molecule has 0 saturated carbocycles. The smallest absolute Gasteiger partial charge is 0.323 e. The molecule has 1 atom stereocenters. The van der Waals surface area contributed by atoms with Gasteiger partial charge < -0.3 is 9.45 Å². The van der Waals surface area contributed by atoms with E-state index in [1.807, 2.05) is 18.2 Å². The van der Waals surface area contributed by atoms with Crippen molar-refractivity contribution in [2.45, 2.75) is 25.3 Å². The van der Waals surface area contributed by atoms with Gasteiger partial charge in [0.1, 0.15) is 11.6 Å². The molecule has 0 fully saturated rings. The molecule has 0 bridgehead atoms. The SMILES string of the molecule is O=C(Nc1nc(-c2ccc(CNS(=O)[O-])cc2)ns1)N(CCc1ccccn1)CCC(c1ccc(F)cc1)c1ccc(F)cc1. The van der Waals surface area contributed by atoms with Crippen LogP contribution < -0.4 is 10.0 Å². The third-order valence-electron chi connectivity index (χ3n) is 7.13. The van der Waals surface area contributed by atoms with Crippen molar-refractivity contribution in [2.24, 2.45) is 0 Å². The highest BCUT2D eigenvalue weighted by Gasteiger charge is 2.21.